The molecule has 0 fully saturated rings. The number of aliphatic imine (C=N–C) groups is 1. The largest absolute Gasteiger partial charge is 0.394 e. The number of nitrogens with zero attached hydrogens (tertiary/aromatic N) is 4. The Kier molecular flexibility index (Phi) is 7.63. The minimum absolute atomic E-state index is 0.0171. The van der Waals surface area contributed by atoms with E-state index in [-0.39, 0.29) is 37.1 Å². The fourth-order valence-corrected chi connectivity index (χ4v) is 4.33. The second-order valence-electron chi connectivity index (χ2n) is 9.56. The number of amides is 1. The van der Waals surface area contributed by atoms with Crippen LogP contribution in [0.25, 0.3) is 0 Å². The predicted octanol–water partition coefficient (Wildman–Crippen LogP) is 4.06. The summed E-state index contributed by atoms with van der Waals surface area (Å²) in [6.45, 7) is 6.55. The molecule has 2 N–H and O–H groups in total. The van der Waals surface area contributed by atoms with Crippen molar-refractivity contribution < 1.29 is 14.6 Å². The topological polar surface area (TPSA) is 110 Å². The van der Waals surface area contributed by atoms with Gasteiger partial charge in [0.25, 0.3) is 5.91 Å². The maximum atomic E-state index is 13.0. The van der Waals surface area contributed by atoms with E-state index in [0.29, 0.717) is 17.8 Å². The normalized spacial score (nSPS) is 21.0. The van der Waals surface area contributed by atoms with Gasteiger partial charge in [0.2, 0.25) is 0 Å². The minimum atomic E-state index is -0.682. The van der Waals surface area contributed by atoms with Crippen molar-refractivity contribution in [2.75, 3.05) is 30.1 Å². The van der Waals surface area contributed by atoms with Crippen LogP contribution in [0.4, 0.5) is 11.4 Å². The van der Waals surface area contributed by atoms with Gasteiger partial charge in [-0.1, -0.05) is 18.2 Å². The van der Waals surface area contributed by atoms with Crippen molar-refractivity contribution in [3.8, 4) is 6.07 Å². The highest BCUT2D eigenvalue weighted by Gasteiger charge is 2.33. The zero-order chi connectivity index (χ0) is 25.7. The van der Waals surface area contributed by atoms with E-state index in [1.807, 2.05) is 68.6 Å². The number of carbonyl (C=O) groups excluding carboxylic acids is 1. The molecule has 8 nitrogen and oxygen atoms in total. The van der Waals surface area contributed by atoms with Crippen molar-refractivity contribution in [2.24, 2.45) is 21.9 Å². The second-order valence-corrected chi connectivity index (χ2v) is 9.56. The van der Waals surface area contributed by atoms with E-state index in [1.165, 1.54) is 0 Å². The van der Waals surface area contributed by atoms with Gasteiger partial charge in [-0.3, -0.25) is 14.8 Å². The van der Waals surface area contributed by atoms with Gasteiger partial charge < -0.3 is 15.2 Å². The lowest BCUT2D eigenvalue weighted by Gasteiger charge is -2.28. The van der Waals surface area contributed by atoms with Gasteiger partial charge in [0.1, 0.15) is 0 Å². The van der Waals surface area contributed by atoms with E-state index in [9.17, 15) is 10.1 Å². The Morgan fingerprint density at radius 1 is 1.28 bits per heavy atom. The molecule has 0 aliphatic carbocycles. The van der Waals surface area contributed by atoms with Crippen molar-refractivity contribution in [1.29, 1.82) is 5.26 Å². The summed E-state index contributed by atoms with van der Waals surface area (Å²) >= 11 is 0. The molecule has 2 aliphatic heterocycles. The minimum Gasteiger partial charge on any atom is -0.394 e. The Morgan fingerprint density at radius 3 is 2.89 bits per heavy atom. The number of hydrazone groups is 1. The molecule has 2 aromatic carbocycles. The maximum absolute atomic E-state index is 13.0. The third-order valence-electron chi connectivity index (χ3n) is 6.55. The molecule has 4 rings (SSSR count). The van der Waals surface area contributed by atoms with Crippen LogP contribution < -0.4 is 10.3 Å². The molecule has 0 spiro atoms. The van der Waals surface area contributed by atoms with Crippen LogP contribution in [0.2, 0.25) is 0 Å². The molecule has 8 heteroatoms. The van der Waals surface area contributed by atoms with Crippen LogP contribution in [0.3, 0.4) is 0 Å². The maximum Gasteiger partial charge on any atom is 0.255 e. The zero-order valence-electron chi connectivity index (χ0n) is 20.8. The first kappa shape index (κ1) is 25.3. The number of ether oxygens (including phenoxy) is 1. The Bertz CT molecular complexity index is 1240. The molecule has 3 unspecified atom stereocenters. The SMILES string of the molecule is Cc1ccc(NC(=O)c2cccc(C(C)(C)C#N)c2)cc1N1CC(C2C=NC=CC2OCCO)C=N1. The molecule has 0 radical (unpaired) electrons. The van der Waals surface area contributed by atoms with E-state index in [2.05, 4.69) is 21.5 Å². The van der Waals surface area contributed by atoms with E-state index in [0.717, 1.165) is 16.8 Å². The van der Waals surface area contributed by atoms with Gasteiger partial charge in [0, 0.05) is 41.7 Å². The summed E-state index contributed by atoms with van der Waals surface area (Å²) in [6, 6.07) is 15.2. The summed E-state index contributed by atoms with van der Waals surface area (Å²) in [7, 11) is 0. The average molecular weight is 486 g/mol. The second kappa shape index (κ2) is 10.9. The van der Waals surface area contributed by atoms with Crippen LogP contribution in [0.5, 0.6) is 0 Å². The van der Waals surface area contributed by atoms with E-state index in [1.54, 1.807) is 24.4 Å². The molecule has 36 heavy (non-hydrogen) atoms. The number of aliphatic hydroxyl groups excluding tert-OH is 1. The first-order chi connectivity index (χ1) is 17.3. The molecule has 0 saturated carbocycles. The van der Waals surface area contributed by atoms with E-state index in [4.69, 9.17) is 9.84 Å². The number of benzene rings is 2. The summed E-state index contributed by atoms with van der Waals surface area (Å²) in [5.41, 5.74) is 3.21. The van der Waals surface area contributed by atoms with Crippen molar-refractivity contribution >= 4 is 29.7 Å². The van der Waals surface area contributed by atoms with Crippen LogP contribution >= 0.6 is 0 Å². The molecular weight excluding hydrogens is 454 g/mol. The third kappa shape index (κ3) is 5.54. The van der Waals surface area contributed by atoms with Crippen LogP contribution in [-0.4, -0.2) is 49.3 Å². The Hall–Kier alpha value is -3.80. The first-order valence-corrected chi connectivity index (χ1v) is 12.0. The van der Waals surface area contributed by atoms with E-state index >= 15 is 0 Å². The summed E-state index contributed by atoms with van der Waals surface area (Å²) in [4.78, 5) is 17.3. The number of aliphatic hydroxyl groups is 1. The highest BCUT2D eigenvalue weighted by atomic mass is 16.5. The summed E-state index contributed by atoms with van der Waals surface area (Å²) in [5.74, 6) is -0.132. The molecular formula is C28H31N5O3. The number of nitrogens with one attached hydrogen (secondary N) is 1. The average Bonchev–Trinajstić information content (AvgIpc) is 3.38. The fraction of sp³-hybridized carbons (Fsp3) is 0.357. The number of nitriles is 1. The van der Waals surface area contributed by atoms with Crippen molar-refractivity contribution in [3.05, 3.63) is 71.4 Å². The number of hydrogen-bond donors (Lipinski definition) is 2. The van der Waals surface area contributed by atoms with Gasteiger partial charge in [-0.2, -0.15) is 10.4 Å². The van der Waals surface area contributed by atoms with Crippen LogP contribution in [0.1, 0.15) is 35.3 Å². The van der Waals surface area contributed by atoms with Gasteiger partial charge in [-0.15, -0.1) is 0 Å². The van der Waals surface area contributed by atoms with Gasteiger partial charge in [-0.25, -0.2) is 0 Å². The highest BCUT2D eigenvalue weighted by molar-refractivity contribution is 6.04. The number of hydrogen-bond acceptors (Lipinski definition) is 7. The lowest BCUT2D eigenvalue weighted by molar-refractivity contribution is 0.0322. The molecule has 2 aliphatic rings. The zero-order valence-corrected chi connectivity index (χ0v) is 20.8. The van der Waals surface area contributed by atoms with Gasteiger partial charge in [0.05, 0.1) is 43.0 Å². The monoisotopic (exact) mass is 485 g/mol. The van der Waals surface area contributed by atoms with E-state index < -0.39 is 5.41 Å². The molecule has 1 amide bonds. The fourth-order valence-electron chi connectivity index (χ4n) is 4.33. The molecule has 0 bridgehead atoms. The van der Waals surface area contributed by atoms with Gasteiger partial charge >= 0.3 is 0 Å². The standard InChI is InChI=1S/C28H31N5O3/c1-19-7-8-23(32-27(35)20-5-4-6-22(13-20)28(2,3)18-29)14-25(19)33-17-21(15-31-33)24-16-30-10-9-26(24)36-12-11-34/h4-10,13-16,21,24,26,34H,11-12,17H2,1-3H3,(H,32,35). The van der Waals surface area contributed by atoms with Crippen LogP contribution in [0, 0.1) is 30.1 Å². The molecule has 0 aromatic heterocycles. The van der Waals surface area contributed by atoms with Gasteiger partial charge in [0.15, 0.2) is 0 Å². The predicted molar refractivity (Wildman–Crippen MR) is 141 cm³/mol. The Labute approximate surface area is 211 Å². The Morgan fingerprint density at radius 2 is 2.11 bits per heavy atom. The number of anilines is 2. The molecule has 0 saturated heterocycles. The third-order valence-corrected chi connectivity index (χ3v) is 6.55. The molecule has 3 atom stereocenters. The summed E-state index contributed by atoms with van der Waals surface area (Å²) < 4.78 is 5.79. The number of rotatable bonds is 8. The molecule has 186 valence electrons. The number of aryl methyl sites for hydroxylation is 1. The molecule has 2 aromatic rings. The smallest absolute Gasteiger partial charge is 0.255 e. The lowest BCUT2D eigenvalue weighted by atomic mass is 9.85. The summed E-state index contributed by atoms with van der Waals surface area (Å²) in [6.07, 6.45) is 7.26. The summed E-state index contributed by atoms with van der Waals surface area (Å²) in [5, 5.41) is 28.1. The Balaban J connectivity index is 1.47. The van der Waals surface area contributed by atoms with Crippen LogP contribution in [-0.2, 0) is 10.2 Å². The molecule has 2 heterocycles. The van der Waals surface area contributed by atoms with Crippen molar-refractivity contribution in [2.45, 2.75) is 32.3 Å². The van der Waals surface area contributed by atoms with Crippen molar-refractivity contribution in [3.63, 3.8) is 0 Å². The highest BCUT2D eigenvalue weighted by Crippen LogP contribution is 2.31. The van der Waals surface area contributed by atoms with Gasteiger partial charge in [-0.05, 0) is 62.2 Å². The van der Waals surface area contributed by atoms with Crippen LogP contribution in [0.15, 0.2) is 64.8 Å². The number of carbonyl (C=O) groups is 1. The first-order valence-electron chi connectivity index (χ1n) is 12.0. The van der Waals surface area contributed by atoms with Crippen molar-refractivity contribution in [1.82, 2.24) is 0 Å². The quantitative estimate of drug-likeness (QED) is 0.586. The lowest BCUT2D eigenvalue weighted by Crippen LogP contribution is -2.35.